The van der Waals surface area contributed by atoms with Crippen molar-refractivity contribution in [3.63, 3.8) is 0 Å². The molecule has 0 aliphatic carbocycles. The topological polar surface area (TPSA) is 114 Å². The summed E-state index contributed by atoms with van der Waals surface area (Å²) in [6.07, 6.45) is 0.991. The van der Waals surface area contributed by atoms with Gasteiger partial charge in [0.25, 0.3) is 0 Å². The molecule has 0 atom stereocenters. The molecule has 0 aliphatic heterocycles. The zero-order valence-electron chi connectivity index (χ0n) is 13.9. The number of amides is 1. The van der Waals surface area contributed by atoms with Crippen LogP contribution in [0.3, 0.4) is 0 Å². The molecule has 8 nitrogen and oxygen atoms in total. The maximum absolute atomic E-state index is 11.8. The summed E-state index contributed by atoms with van der Waals surface area (Å²) in [5.41, 5.74) is 1.18. The standard InChI is InChI=1S/C17H21N3O5/c1-3-4-5-8-25-17(24)18-12-6-7-13-14(9-12)20(10-15(22)23)19-16(13)11(2)21/h3,6-7,9,15,22-23H,1,4-5,8,10H2,2H3,(H,18,24). The number of hydrogen-bond acceptors (Lipinski definition) is 6. The predicted molar refractivity (Wildman–Crippen MR) is 92.4 cm³/mol. The van der Waals surface area contributed by atoms with E-state index in [9.17, 15) is 19.8 Å². The summed E-state index contributed by atoms with van der Waals surface area (Å²) in [5.74, 6) is -0.237. The maximum Gasteiger partial charge on any atom is 0.411 e. The number of ketones is 1. The monoisotopic (exact) mass is 347 g/mol. The van der Waals surface area contributed by atoms with Gasteiger partial charge in [-0.1, -0.05) is 6.08 Å². The number of aliphatic hydroxyl groups excluding tert-OH is 1. The van der Waals surface area contributed by atoms with Gasteiger partial charge in [-0.15, -0.1) is 6.58 Å². The first-order valence-electron chi connectivity index (χ1n) is 7.84. The lowest BCUT2D eigenvalue weighted by Crippen LogP contribution is -2.16. The molecule has 134 valence electrons. The van der Waals surface area contributed by atoms with E-state index in [0.29, 0.717) is 23.0 Å². The van der Waals surface area contributed by atoms with Gasteiger partial charge in [0.05, 0.1) is 18.7 Å². The summed E-state index contributed by atoms with van der Waals surface area (Å²) in [5, 5.41) is 25.6. The smallest absolute Gasteiger partial charge is 0.411 e. The van der Waals surface area contributed by atoms with E-state index < -0.39 is 12.4 Å². The van der Waals surface area contributed by atoms with Gasteiger partial charge >= 0.3 is 6.09 Å². The van der Waals surface area contributed by atoms with Gasteiger partial charge in [0.15, 0.2) is 12.1 Å². The first-order chi connectivity index (χ1) is 11.9. The fourth-order valence-electron chi connectivity index (χ4n) is 2.35. The molecule has 1 aromatic carbocycles. The van der Waals surface area contributed by atoms with Crippen LogP contribution in [-0.4, -0.2) is 44.8 Å². The van der Waals surface area contributed by atoms with Crippen molar-refractivity contribution >= 4 is 28.5 Å². The zero-order valence-corrected chi connectivity index (χ0v) is 13.9. The Balaban J connectivity index is 2.20. The van der Waals surface area contributed by atoms with Crippen molar-refractivity contribution in [1.82, 2.24) is 9.78 Å². The summed E-state index contributed by atoms with van der Waals surface area (Å²) >= 11 is 0. The summed E-state index contributed by atoms with van der Waals surface area (Å²) in [6, 6.07) is 4.87. The molecule has 1 amide bonds. The van der Waals surface area contributed by atoms with Gasteiger partial charge in [-0.3, -0.25) is 14.8 Å². The van der Waals surface area contributed by atoms with Crippen LogP contribution >= 0.6 is 0 Å². The fourth-order valence-corrected chi connectivity index (χ4v) is 2.35. The molecule has 0 saturated heterocycles. The molecular weight excluding hydrogens is 326 g/mol. The molecule has 0 unspecified atom stereocenters. The highest BCUT2D eigenvalue weighted by atomic mass is 16.5. The van der Waals surface area contributed by atoms with Gasteiger partial charge < -0.3 is 14.9 Å². The maximum atomic E-state index is 11.8. The van der Waals surface area contributed by atoms with Crippen LogP contribution in [0.15, 0.2) is 30.9 Å². The number of allylic oxidation sites excluding steroid dienone is 1. The van der Waals surface area contributed by atoms with E-state index in [4.69, 9.17) is 4.74 Å². The van der Waals surface area contributed by atoms with Crippen LogP contribution in [0.4, 0.5) is 10.5 Å². The Bertz CT molecular complexity index is 782. The predicted octanol–water partition coefficient (Wildman–Crippen LogP) is 2.06. The average Bonchev–Trinajstić information content (AvgIpc) is 2.89. The molecule has 0 bridgehead atoms. The first-order valence-corrected chi connectivity index (χ1v) is 7.84. The second-order valence-electron chi connectivity index (χ2n) is 5.49. The van der Waals surface area contributed by atoms with E-state index in [1.807, 2.05) is 0 Å². The molecule has 2 aromatic rings. The highest BCUT2D eigenvalue weighted by Crippen LogP contribution is 2.23. The lowest BCUT2D eigenvalue weighted by molar-refractivity contribution is -0.0527. The Kier molecular flexibility index (Phi) is 6.26. The number of carbonyl (C=O) groups excluding carboxylic acids is 2. The van der Waals surface area contributed by atoms with Gasteiger partial charge in [-0.2, -0.15) is 5.10 Å². The number of Topliss-reactive ketones (excluding diaryl/α,β-unsaturated/α-hetero) is 1. The summed E-state index contributed by atoms with van der Waals surface area (Å²) in [6.45, 7) is 5.06. The molecule has 2 rings (SSSR count). The molecule has 8 heteroatoms. The minimum absolute atomic E-state index is 0.195. The molecule has 25 heavy (non-hydrogen) atoms. The van der Waals surface area contributed by atoms with Crippen LogP contribution in [-0.2, 0) is 11.3 Å². The molecule has 0 aliphatic rings. The number of aliphatic hydroxyl groups is 2. The average molecular weight is 347 g/mol. The number of fused-ring (bicyclic) bond motifs is 1. The molecule has 0 spiro atoms. The van der Waals surface area contributed by atoms with E-state index in [2.05, 4.69) is 17.0 Å². The number of aromatic nitrogens is 2. The van der Waals surface area contributed by atoms with Gasteiger partial charge in [0, 0.05) is 18.0 Å². The van der Waals surface area contributed by atoms with Crippen molar-refractivity contribution in [2.45, 2.75) is 32.6 Å². The van der Waals surface area contributed by atoms with E-state index in [-0.39, 0.29) is 24.6 Å². The van der Waals surface area contributed by atoms with Crippen LogP contribution in [0.2, 0.25) is 0 Å². The largest absolute Gasteiger partial charge is 0.449 e. The van der Waals surface area contributed by atoms with E-state index >= 15 is 0 Å². The SMILES string of the molecule is C=CCCCOC(=O)Nc1ccc2c(C(C)=O)nn(CC(O)O)c2c1. The summed E-state index contributed by atoms with van der Waals surface area (Å²) in [7, 11) is 0. The number of nitrogens with one attached hydrogen (secondary N) is 1. The molecule has 0 fully saturated rings. The van der Waals surface area contributed by atoms with Gasteiger partial charge in [0.2, 0.25) is 0 Å². The lowest BCUT2D eigenvalue weighted by Gasteiger charge is -2.08. The molecule has 1 aromatic heterocycles. The Hall–Kier alpha value is -2.71. The number of ether oxygens (including phenoxy) is 1. The Morgan fingerprint density at radius 2 is 2.20 bits per heavy atom. The molecule has 1 heterocycles. The first kappa shape index (κ1) is 18.6. The summed E-state index contributed by atoms with van der Waals surface area (Å²) in [4.78, 5) is 23.5. The van der Waals surface area contributed by atoms with Gasteiger partial charge in [-0.25, -0.2) is 4.79 Å². The number of nitrogens with zero attached hydrogens (tertiary/aromatic N) is 2. The number of unbranched alkanes of at least 4 members (excludes halogenated alkanes) is 1. The third kappa shape index (κ3) is 4.88. The zero-order chi connectivity index (χ0) is 18.4. The van der Waals surface area contributed by atoms with Crippen molar-refractivity contribution < 1.29 is 24.5 Å². The number of carbonyl (C=O) groups is 2. The number of rotatable bonds is 8. The van der Waals surface area contributed by atoms with Crippen LogP contribution in [0.1, 0.15) is 30.3 Å². The third-order valence-electron chi connectivity index (χ3n) is 3.45. The molecule has 0 radical (unpaired) electrons. The van der Waals surface area contributed by atoms with Crippen LogP contribution in [0, 0.1) is 0 Å². The molecular formula is C17H21N3O5. The minimum atomic E-state index is -1.62. The fraction of sp³-hybridized carbons (Fsp3) is 0.353. The van der Waals surface area contributed by atoms with Crippen LogP contribution in [0.5, 0.6) is 0 Å². The Labute approximate surface area is 144 Å². The number of benzene rings is 1. The van der Waals surface area contributed by atoms with Crippen LogP contribution in [0.25, 0.3) is 10.9 Å². The second kappa shape index (κ2) is 8.41. The van der Waals surface area contributed by atoms with E-state index in [1.165, 1.54) is 11.6 Å². The van der Waals surface area contributed by atoms with Crippen LogP contribution < -0.4 is 5.32 Å². The number of anilines is 1. The highest BCUT2D eigenvalue weighted by Gasteiger charge is 2.16. The quantitative estimate of drug-likeness (QED) is 0.291. The van der Waals surface area contributed by atoms with Gasteiger partial charge in [-0.05, 0) is 31.0 Å². The molecule has 3 N–H and O–H groups in total. The van der Waals surface area contributed by atoms with Crippen molar-refractivity contribution in [3.8, 4) is 0 Å². The van der Waals surface area contributed by atoms with Gasteiger partial charge in [0.1, 0.15) is 5.69 Å². The minimum Gasteiger partial charge on any atom is -0.449 e. The van der Waals surface area contributed by atoms with E-state index in [1.54, 1.807) is 24.3 Å². The van der Waals surface area contributed by atoms with Crippen molar-refractivity contribution in [1.29, 1.82) is 0 Å². The third-order valence-corrected chi connectivity index (χ3v) is 3.45. The highest BCUT2D eigenvalue weighted by molar-refractivity contribution is 6.05. The lowest BCUT2D eigenvalue weighted by atomic mass is 10.1. The number of hydrogen-bond donors (Lipinski definition) is 3. The van der Waals surface area contributed by atoms with E-state index in [0.717, 1.165) is 6.42 Å². The molecule has 0 saturated carbocycles. The normalized spacial score (nSPS) is 10.9. The second-order valence-corrected chi connectivity index (χ2v) is 5.49. The van der Waals surface area contributed by atoms with Crippen molar-refractivity contribution in [3.05, 3.63) is 36.5 Å². The Morgan fingerprint density at radius 3 is 2.84 bits per heavy atom. The Morgan fingerprint density at radius 1 is 1.44 bits per heavy atom. The van der Waals surface area contributed by atoms with Crippen molar-refractivity contribution in [2.75, 3.05) is 11.9 Å². The van der Waals surface area contributed by atoms with Crippen molar-refractivity contribution in [2.24, 2.45) is 0 Å². The summed E-state index contributed by atoms with van der Waals surface area (Å²) < 4.78 is 6.36.